The van der Waals surface area contributed by atoms with Crippen LogP contribution in [0.25, 0.3) is 0 Å². The maximum absolute atomic E-state index is 5.87. The molecule has 2 nitrogen and oxygen atoms in total. The highest BCUT2D eigenvalue weighted by Gasteiger charge is 2.15. The fourth-order valence-electron chi connectivity index (χ4n) is 2.46. The van der Waals surface area contributed by atoms with Crippen LogP contribution in [0, 0.1) is 5.92 Å². The molecule has 1 fully saturated rings. The lowest BCUT2D eigenvalue weighted by atomic mass is 9.97. The van der Waals surface area contributed by atoms with Crippen molar-refractivity contribution in [3.05, 3.63) is 34.9 Å². The highest BCUT2D eigenvalue weighted by molar-refractivity contribution is 6.30. The van der Waals surface area contributed by atoms with Gasteiger partial charge in [-0.25, -0.2) is 0 Å². The second-order valence-corrected chi connectivity index (χ2v) is 5.76. The predicted molar refractivity (Wildman–Crippen MR) is 78.2 cm³/mol. The second kappa shape index (κ2) is 7.13. The van der Waals surface area contributed by atoms with Gasteiger partial charge in [-0.1, -0.05) is 23.7 Å². The lowest BCUT2D eigenvalue weighted by Crippen LogP contribution is -2.35. The first-order valence-corrected chi connectivity index (χ1v) is 7.25. The van der Waals surface area contributed by atoms with Crippen molar-refractivity contribution >= 4 is 11.6 Å². The molecule has 1 heterocycles. The van der Waals surface area contributed by atoms with Gasteiger partial charge < -0.3 is 10.2 Å². The summed E-state index contributed by atoms with van der Waals surface area (Å²) in [6, 6.07) is 8.15. The number of halogens is 1. The Kier molecular flexibility index (Phi) is 5.48. The van der Waals surface area contributed by atoms with E-state index in [4.69, 9.17) is 11.6 Å². The molecule has 1 saturated heterocycles. The average Bonchev–Trinajstić information content (AvgIpc) is 2.39. The van der Waals surface area contributed by atoms with E-state index in [2.05, 4.69) is 29.4 Å². The molecule has 1 aromatic carbocycles. The molecule has 1 aromatic rings. The number of hydrogen-bond donors (Lipinski definition) is 1. The summed E-state index contributed by atoms with van der Waals surface area (Å²) in [4.78, 5) is 2.42. The number of nitrogens with zero attached hydrogens (tertiary/aromatic N) is 1. The van der Waals surface area contributed by atoms with Gasteiger partial charge in [-0.3, -0.25) is 0 Å². The van der Waals surface area contributed by atoms with Gasteiger partial charge in [-0.05, 0) is 76.1 Å². The predicted octanol–water partition coefficient (Wildman–Crippen LogP) is 2.81. The minimum absolute atomic E-state index is 0.818. The Morgan fingerprint density at radius 2 is 1.89 bits per heavy atom. The third-order valence-corrected chi connectivity index (χ3v) is 4.03. The normalized spacial score (nSPS) is 18.1. The second-order valence-electron chi connectivity index (χ2n) is 5.33. The molecule has 3 heteroatoms. The monoisotopic (exact) mass is 266 g/mol. The molecule has 0 atom stereocenters. The van der Waals surface area contributed by atoms with E-state index < -0.39 is 0 Å². The smallest absolute Gasteiger partial charge is 0.0406 e. The molecule has 0 saturated carbocycles. The first-order valence-electron chi connectivity index (χ1n) is 6.88. The number of benzene rings is 1. The Labute approximate surface area is 115 Å². The Morgan fingerprint density at radius 1 is 1.22 bits per heavy atom. The summed E-state index contributed by atoms with van der Waals surface area (Å²) < 4.78 is 0. The fourth-order valence-corrected chi connectivity index (χ4v) is 2.58. The fraction of sp³-hybridized carbons (Fsp3) is 0.600. The van der Waals surface area contributed by atoms with Gasteiger partial charge in [0.25, 0.3) is 0 Å². The number of rotatable bonds is 5. The minimum Gasteiger partial charge on any atom is -0.316 e. The number of hydrogen-bond acceptors (Lipinski definition) is 2. The van der Waals surface area contributed by atoms with Crippen molar-refractivity contribution in [3.63, 3.8) is 0 Å². The van der Waals surface area contributed by atoms with Crippen LogP contribution < -0.4 is 5.32 Å². The highest BCUT2D eigenvalue weighted by Crippen LogP contribution is 2.14. The maximum Gasteiger partial charge on any atom is 0.0406 e. The Hall–Kier alpha value is -0.570. The standard InChI is InChI=1S/C15H23ClN2/c1-18-10-7-14(8-11-18)12-17-9-6-13-2-4-15(16)5-3-13/h2-5,14,17H,6-12H2,1H3. The first kappa shape index (κ1) is 13.9. The lowest BCUT2D eigenvalue weighted by Gasteiger charge is -2.29. The van der Waals surface area contributed by atoms with E-state index in [1.165, 1.54) is 38.0 Å². The topological polar surface area (TPSA) is 15.3 Å². The summed E-state index contributed by atoms with van der Waals surface area (Å²) >= 11 is 5.87. The zero-order valence-electron chi connectivity index (χ0n) is 11.2. The zero-order chi connectivity index (χ0) is 12.8. The summed E-state index contributed by atoms with van der Waals surface area (Å²) in [5.74, 6) is 0.867. The van der Waals surface area contributed by atoms with Crippen LogP contribution in [-0.2, 0) is 6.42 Å². The van der Waals surface area contributed by atoms with Gasteiger partial charge in [-0.2, -0.15) is 0 Å². The van der Waals surface area contributed by atoms with Crippen molar-refractivity contribution in [2.45, 2.75) is 19.3 Å². The van der Waals surface area contributed by atoms with Gasteiger partial charge in [0.2, 0.25) is 0 Å². The Bertz CT molecular complexity index is 342. The van der Waals surface area contributed by atoms with Crippen molar-refractivity contribution in [2.24, 2.45) is 5.92 Å². The molecule has 18 heavy (non-hydrogen) atoms. The SMILES string of the molecule is CN1CCC(CNCCc2ccc(Cl)cc2)CC1. The molecule has 0 bridgehead atoms. The molecular formula is C15H23ClN2. The number of piperidine rings is 1. The molecule has 0 spiro atoms. The third kappa shape index (κ3) is 4.60. The molecule has 1 aliphatic heterocycles. The molecule has 0 amide bonds. The molecule has 1 N–H and O–H groups in total. The van der Waals surface area contributed by atoms with Gasteiger partial charge in [-0.15, -0.1) is 0 Å². The van der Waals surface area contributed by atoms with E-state index in [1.807, 2.05) is 12.1 Å². The minimum atomic E-state index is 0.818. The van der Waals surface area contributed by atoms with E-state index in [-0.39, 0.29) is 0 Å². The van der Waals surface area contributed by atoms with E-state index in [9.17, 15) is 0 Å². The van der Waals surface area contributed by atoms with Crippen LogP contribution in [0.3, 0.4) is 0 Å². The molecule has 0 aromatic heterocycles. The molecule has 0 radical (unpaired) electrons. The van der Waals surface area contributed by atoms with Gasteiger partial charge in [0.05, 0.1) is 0 Å². The third-order valence-electron chi connectivity index (χ3n) is 3.77. The summed E-state index contributed by atoms with van der Waals surface area (Å²) in [7, 11) is 2.21. The molecule has 0 aliphatic carbocycles. The molecule has 1 aliphatic rings. The van der Waals surface area contributed by atoms with Crippen LogP contribution in [0.2, 0.25) is 5.02 Å². The Morgan fingerprint density at radius 3 is 2.56 bits per heavy atom. The van der Waals surface area contributed by atoms with Crippen LogP contribution in [0.4, 0.5) is 0 Å². The largest absolute Gasteiger partial charge is 0.316 e. The molecule has 0 unspecified atom stereocenters. The van der Waals surface area contributed by atoms with Crippen LogP contribution in [0.15, 0.2) is 24.3 Å². The van der Waals surface area contributed by atoms with Gasteiger partial charge in [0.15, 0.2) is 0 Å². The summed E-state index contributed by atoms with van der Waals surface area (Å²) in [5, 5.41) is 4.40. The summed E-state index contributed by atoms with van der Waals surface area (Å²) in [6.45, 7) is 4.74. The van der Waals surface area contributed by atoms with Crippen molar-refractivity contribution < 1.29 is 0 Å². The molecule has 100 valence electrons. The van der Waals surface area contributed by atoms with Crippen LogP contribution in [-0.4, -0.2) is 38.1 Å². The van der Waals surface area contributed by atoms with Crippen molar-refractivity contribution in [2.75, 3.05) is 33.2 Å². The van der Waals surface area contributed by atoms with E-state index in [1.54, 1.807) is 0 Å². The summed E-state index contributed by atoms with van der Waals surface area (Å²) in [6.07, 6.45) is 3.76. The highest BCUT2D eigenvalue weighted by atomic mass is 35.5. The first-order chi connectivity index (χ1) is 8.74. The van der Waals surface area contributed by atoms with Crippen LogP contribution in [0.1, 0.15) is 18.4 Å². The van der Waals surface area contributed by atoms with Crippen molar-refractivity contribution in [1.82, 2.24) is 10.2 Å². The Balaban J connectivity index is 1.60. The number of likely N-dealkylation sites (tertiary alicyclic amines) is 1. The quantitative estimate of drug-likeness (QED) is 0.825. The zero-order valence-corrected chi connectivity index (χ0v) is 11.9. The molecule has 2 rings (SSSR count). The summed E-state index contributed by atoms with van der Waals surface area (Å²) in [5.41, 5.74) is 1.36. The van der Waals surface area contributed by atoms with Crippen molar-refractivity contribution in [3.8, 4) is 0 Å². The van der Waals surface area contributed by atoms with Crippen molar-refractivity contribution in [1.29, 1.82) is 0 Å². The maximum atomic E-state index is 5.87. The van der Waals surface area contributed by atoms with E-state index in [0.29, 0.717) is 0 Å². The molecular weight excluding hydrogens is 244 g/mol. The van der Waals surface area contributed by atoms with Gasteiger partial charge in [0, 0.05) is 5.02 Å². The lowest BCUT2D eigenvalue weighted by molar-refractivity contribution is 0.216. The number of nitrogens with one attached hydrogen (secondary N) is 1. The average molecular weight is 267 g/mol. The van der Waals surface area contributed by atoms with Gasteiger partial charge >= 0.3 is 0 Å². The van der Waals surface area contributed by atoms with E-state index in [0.717, 1.165) is 23.9 Å². The van der Waals surface area contributed by atoms with Crippen LogP contribution >= 0.6 is 11.6 Å². The van der Waals surface area contributed by atoms with E-state index >= 15 is 0 Å². The van der Waals surface area contributed by atoms with Crippen LogP contribution in [0.5, 0.6) is 0 Å². The van der Waals surface area contributed by atoms with Gasteiger partial charge in [0.1, 0.15) is 0 Å².